The first-order valence-electron chi connectivity index (χ1n) is 7.19. The summed E-state index contributed by atoms with van der Waals surface area (Å²) in [6.07, 6.45) is 4.14. The van der Waals surface area contributed by atoms with Gasteiger partial charge in [-0.1, -0.05) is 18.0 Å². The maximum Gasteiger partial charge on any atom is 0.242 e. The number of nitrogens with one attached hydrogen (secondary N) is 1. The fourth-order valence-corrected chi connectivity index (χ4v) is 5.18. The van der Waals surface area contributed by atoms with Gasteiger partial charge in [0.05, 0.1) is 5.02 Å². The third-order valence-electron chi connectivity index (χ3n) is 4.35. The molecule has 116 valence electrons. The zero-order valence-corrected chi connectivity index (χ0v) is 13.1. The molecule has 0 saturated carbocycles. The predicted octanol–water partition coefficient (Wildman–Crippen LogP) is 2.38. The van der Waals surface area contributed by atoms with Gasteiger partial charge in [0, 0.05) is 18.6 Å². The molecule has 0 aliphatic carbocycles. The molecule has 1 aromatic rings. The van der Waals surface area contributed by atoms with Gasteiger partial charge in [-0.25, -0.2) is 17.5 Å². The van der Waals surface area contributed by atoms with Gasteiger partial charge in [-0.15, -0.1) is 0 Å². The van der Waals surface area contributed by atoms with E-state index in [9.17, 15) is 12.8 Å². The number of fused-ring (bicyclic) bond motifs is 1. The minimum Gasteiger partial charge on any atom is -0.299 e. The zero-order chi connectivity index (χ0) is 15.0. The van der Waals surface area contributed by atoms with E-state index in [0.29, 0.717) is 0 Å². The largest absolute Gasteiger partial charge is 0.299 e. The van der Waals surface area contributed by atoms with E-state index in [-0.39, 0.29) is 22.0 Å². The third kappa shape index (κ3) is 3.08. The topological polar surface area (TPSA) is 49.4 Å². The second-order valence-corrected chi connectivity index (χ2v) is 7.78. The van der Waals surface area contributed by atoms with E-state index in [1.165, 1.54) is 12.5 Å². The maximum absolute atomic E-state index is 13.1. The van der Waals surface area contributed by atoms with Gasteiger partial charge < -0.3 is 0 Å². The van der Waals surface area contributed by atoms with Crippen LogP contribution in [0.2, 0.25) is 5.02 Å². The van der Waals surface area contributed by atoms with Crippen LogP contribution >= 0.6 is 11.6 Å². The molecule has 7 heteroatoms. The Morgan fingerprint density at radius 2 is 2.05 bits per heavy atom. The first kappa shape index (κ1) is 15.2. The Bertz CT molecular complexity index is 638. The molecule has 2 heterocycles. The van der Waals surface area contributed by atoms with Crippen molar-refractivity contribution in [3.63, 3.8) is 0 Å². The van der Waals surface area contributed by atoms with Crippen LogP contribution in [-0.4, -0.2) is 38.5 Å². The van der Waals surface area contributed by atoms with Crippen LogP contribution in [0.25, 0.3) is 0 Å². The summed E-state index contributed by atoms with van der Waals surface area (Å²) >= 11 is 5.87. The van der Waals surface area contributed by atoms with Crippen LogP contribution in [0.15, 0.2) is 23.1 Å². The highest BCUT2D eigenvalue weighted by atomic mass is 35.5. The number of hydrogen-bond acceptors (Lipinski definition) is 3. The zero-order valence-electron chi connectivity index (χ0n) is 11.6. The van der Waals surface area contributed by atoms with E-state index in [0.717, 1.165) is 44.5 Å². The molecule has 4 nitrogen and oxygen atoms in total. The fraction of sp³-hybridized carbons (Fsp3) is 0.571. The molecule has 0 unspecified atom stereocenters. The summed E-state index contributed by atoms with van der Waals surface area (Å²) in [7, 11) is -3.72. The Morgan fingerprint density at radius 1 is 1.24 bits per heavy atom. The van der Waals surface area contributed by atoms with Gasteiger partial charge in [0.25, 0.3) is 0 Å². The van der Waals surface area contributed by atoms with Crippen molar-refractivity contribution in [2.75, 3.05) is 13.1 Å². The summed E-state index contributed by atoms with van der Waals surface area (Å²) < 4.78 is 40.7. The standard InChI is InChI=1S/C14H18ClFN2O2S/c15-11-9-10(16)4-5-14(11)21(19,20)17-12-6-8-18-7-2-1-3-13(12)18/h4-5,9,12-13,17H,1-3,6-8H2/t12-,13+/m0/s1. The smallest absolute Gasteiger partial charge is 0.242 e. The van der Waals surface area contributed by atoms with Crippen molar-refractivity contribution in [1.82, 2.24) is 9.62 Å². The number of hydrogen-bond donors (Lipinski definition) is 1. The Balaban J connectivity index is 1.80. The van der Waals surface area contributed by atoms with Gasteiger partial charge in [0.2, 0.25) is 10.0 Å². The Labute approximate surface area is 129 Å². The van der Waals surface area contributed by atoms with E-state index in [1.807, 2.05) is 0 Å². The van der Waals surface area contributed by atoms with Crippen molar-refractivity contribution >= 4 is 21.6 Å². The van der Waals surface area contributed by atoms with Crippen LogP contribution in [0.1, 0.15) is 25.7 Å². The van der Waals surface area contributed by atoms with Gasteiger partial charge in [-0.05, 0) is 44.0 Å². The molecule has 3 rings (SSSR count). The van der Waals surface area contributed by atoms with E-state index in [1.54, 1.807) is 0 Å². The second-order valence-electron chi connectivity index (χ2n) is 5.69. The first-order valence-corrected chi connectivity index (χ1v) is 9.05. The van der Waals surface area contributed by atoms with E-state index in [4.69, 9.17) is 11.6 Å². The normalized spacial score (nSPS) is 26.8. The number of halogens is 2. The minimum atomic E-state index is -3.72. The Kier molecular flexibility index (Phi) is 4.23. The average Bonchev–Trinajstić information content (AvgIpc) is 2.81. The summed E-state index contributed by atoms with van der Waals surface area (Å²) in [4.78, 5) is 2.29. The van der Waals surface area contributed by atoms with Crippen molar-refractivity contribution in [1.29, 1.82) is 0 Å². The molecule has 1 aromatic carbocycles. The Hall–Kier alpha value is -0.690. The second kappa shape index (κ2) is 5.83. The molecule has 2 saturated heterocycles. The molecule has 0 radical (unpaired) electrons. The highest BCUT2D eigenvalue weighted by Crippen LogP contribution is 2.29. The molecule has 2 atom stereocenters. The fourth-order valence-electron chi connectivity index (χ4n) is 3.34. The number of rotatable bonds is 3. The number of nitrogens with zero attached hydrogens (tertiary/aromatic N) is 1. The Morgan fingerprint density at radius 3 is 2.81 bits per heavy atom. The number of sulfonamides is 1. The molecular weight excluding hydrogens is 315 g/mol. The summed E-state index contributed by atoms with van der Waals surface area (Å²) in [5.74, 6) is -0.543. The lowest BCUT2D eigenvalue weighted by Crippen LogP contribution is -2.46. The molecule has 2 aliphatic rings. The van der Waals surface area contributed by atoms with Gasteiger partial charge >= 0.3 is 0 Å². The summed E-state index contributed by atoms with van der Waals surface area (Å²) in [6.45, 7) is 1.97. The van der Waals surface area contributed by atoms with E-state index in [2.05, 4.69) is 9.62 Å². The quantitative estimate of drug-likeness (QED) is 0.924. The van der Waals surface area contributed by atoms with Gasteiger partial charge in [-0.3, -0.25) is 4.90 Å². The van der Waals surface area contributed by atoms with Crippen LogP contribution in [0, 0.1) is 5.82 Å². The van der Waals surface area contributed by atoms with Crippen molar-refractivity contribution in [2.24, 2.45) is 0 Å². The van der Waals surface area contributed by atoms with Crippen LogP contribution in [-0.2, 0) is 10.0 Å². The molecule has 2 fully saturated rings. The summed E-state index contributed by atoms with van der Waals surface area (Å²) in [5, 5.41) is -0.0824. The third-order valence-corrected chi connectivity index (χ3v) is 6.32. The molecule has 2 aliphatic heterocycles. The molecule has 0 aromatic heterocycles. The molecule has 0 amide bonds. The van der Waals surface area contributed by atoms with Crippen LogP contribution < -0.4 is 4.72 Å². The molecule has 0 spiro atoms. The highest BCUT2D eigenvalue weighted by Gasteiger charge is 2.38. The summed E-state index contributed by atoms with van der Waals surface area (Å²) in [5.41, 5.74) is 0. The van der Waals surface area contributed by atoms with Gasteiger partial charge in [0.1, 0.15) is 10.7 Å². The average molecular weight is 333 g/mol. The summed E-state index contributed by atoms with van der Waals surface area (Å²) in [6, 6.07) is 3.54. The van der Waals surface area contributed by atoms with Crippen molar-refractivity contribution in [3.05, 3.63) is 29.0 Å². The lowest BCUT2D eigenvalue weighted by molar-refractivity contribution is 0.186. The number of benzene rings is 1. The van der Waals surface area contributed by atoms with E-state index >= 15 is 0 Å². The van der Waals surface area contributed by atoms with Crippen LogP contribution in [0.3, 0.4) is 0 Å². The van der Waals surface area contributed by atoms with Crippen molar-refractivity contribution in [2.45, 2.75) is 42.7 Å². The molecule has 0 bridgehead atoms. The number of piperidine rings is 1. The highest BCUT2D eigenvalue weighted by molar-refractivity contribution is 7.89. The molecular formula is C14H18ClFN2O2S. The van der Waals surface area contributed by atoms with Gasteiger partial charge in [0.15, 0.2) is 0 Å². The lowest BCUT2D eigenvalue weighted by atomic mass is 10.00. The molecule has 21 heavy (non-hydrogen) atoms. The SMILES string of the molecule is O=S(=O)(N[C@H]1CCN2CCCC[C@H]12)c1ccc(F)cc1Cl. The monoisotopic (exact) mass is 332 g/mol. The lowest BCUT2D eigenvalue weighted by Gasteiger charge is -2.32. The van der Waals surface area contributed by atoms with Gasteiger partial charge in [-0.2, -0.15) is 0 Å². The first-order chi connectivity index (χ1) is 9.97. The van der Waals surface area contributed by atoms with Crippen LogP contribution in [0.4, 0.5) is 4.39 Å². The van der Waals surface area contributed by atoms with E-state index < -0.39 is 15.8 Å². The minimum absolute atomic E-state index is 0.0557. The van der Waals surface area contributed by atoms with Crippen LogP contribution in [0.5, 0.6) is 0 Å². The predicted molar refractivity (Wildman–Crippen MR) is 79.3 cm³/mol. The molecule has 1 N–H and O–H groups in total. The van der Waals surface area contributed by atoms with Crippen molar-refractivity contribution < 1.29 is 12.8 Å². The maximum atomic E-state index is 13.1. The van der Waals surface area contributed by atoms with Crippen molar-refractivity contribution in [3.8, 4) is 0 Å².